The molecule has 1 aliphatic carbocycles. The van der Waals surface area contributed by atoms with Crippen LogP contribution in [0.4, 0.5) is 0 Å². The number of hydrogen-bond donors (Lipinski definition) is 0. The third kappa shape index (κ3) is 13.7. The summed E-state index contributed by atoms with van der Waals surface area (Å²) in [7, 11) is 0. The Kier molecular flexibility index (Phi) is 20.8. The molecule has 0 N–H and O–H groups in total. The Labute approximate surface area is 383 Å². The van der Waals surface area contributed by atoms with E-state index in [4.69, 9.17) is 14.2 Å². The molecule has 3 heterocycles. The maximum atomic E-state index is 14.5. The Bertz CT molecular complexity index is 1620. The molecule has 1 aromatic carbocycles. The molecule has 5 rings (SSSR count). The molecule has 1 spiro atoms. The SMILES string of the molecule is CCCCCCCCCCCCCCCCC1(C)CCC2=C(O1)C(C)=C(C)C(=O)[C@@]21CCc2c3c(c(C)c(C)c2O1)OC(C)(CCCCCCCCCCCCCCCC)CC3. The molecule has 3 atom stereocenters. The van der Waals surface area contributed by atoms with Crippen LogP contribution in [-0.4, -0.2) is 22.6 Å². The van der Waals surface area contributed by atoms with Gasteiger partial charge in [0, 0.05) is 28.7 Å². The first kappa shape index (κ1) is 50.8. The van der Waals surface area contributed by atoms with Gasteiger partial charge in [-0.3, -0.25) is 4.79 Å². The van der Waals surface area contributed by atoms with Crippen molar-refractivity contribution >= 4 is 5.78 Å². The number of Topliss-reactive ketones (excluding diaryl/α,β-unsaturated/α-hetero) is 1. The Hall–Kier alpha value is -2.23. The number of benzene rings is 1. The second-order valence-electron chi connectivity index (χ2n) is 21.5. The van der Waals surface area contributed by atoms with Crippen LogP contribution in [0.2, 0.25) is 0 Å². The number of rotatable bonds is 30. The normalized spacial score (nSPS) is 23.3. The first-order valence-corrected chi connectivity index (χ1v) is 27.2. The summed E-state index contributed by atoms with van der Waals surface area (Å²) in [6.45, 7) is 17.8. The minimum Gasteiger partial charge on any atom is -0.487 e. The minimum atomic E-state index is -0.967. The van der Waals surface area contributed by atoms with Gasteiger partial charge in [-0.2, -0.15) is 0 Å². The quantitative estimate of drug-likeness (QED) is 0.0723. The molecule has 62 heavy (non-hydrogen) atoms. The van der Waals surface area contributed by atoms with E-state index in [1.165, 1.54) is 196 Å². The molecule has 2 unspecified atom stereocenters. The van der Waals surface area contributed by atoms with Gasteiger partial charge in [0.15, 0.2) is 5.60 Å². The molecular formula is C58H96O4. The molecule has 0 amide bonds. The predicted molar refractivity (Wildman–Crippen MR) is 264 cm³/mol. The van der Waals surface area contributed by atoms with Crippen LogP contribution in [0.1, 0.15) is 282 Å². The molecule has 0 radical (unpaired) electrons. The van der Waals surface area contributed by atoms with Crippen molar-refractivity contribution in [2.45, 2.75) is 303 Å². The van der Waals surface area contributed by atoms with Gasteiger partial charge in [0.05, 0.1) is 0 Å². The van der Waals surface area contributed by atoms with E-state index in [0.29, 0.717) is 6.42 Å². The van der Waals surface area contributed by atoms with Crippen molar-refractivity contribution in [1.29, 1.82) is 0 Å². The Balaban J connectivity index is 1.09. The molecule has 4 heteroatoms. The van der Waals surface area contributed by atoms with Gasteiger partial charge in [0.2, 0.25) is 5.78 Å². The second-order valence-corrected chi connectivity index (χ2v) is 21.5. The highest BCUT2D eigenvalue weighted by Gasteiger charge is 2.55. The molecule has 0 bridgehead atoms. The summed E-state index contributed by atoms with van der Waals surface area (Å²) in [6, 6.07) is 0. The summed E-state index contributed by atoms with van der Waals surface area (Å²) in [5, 5.41) is 0. The summed E-state index contributed by atoms with van der Waals surface area (Å²) in [4.78, 5) is 14.5. The molecule has 1 aromatic rings. The predicted octanol–water partition coefficient (Wildman–Crippen LogP) is 17.9. The van der Waals surface area contributed by atoms with Gasteiger partial charge in [-0.25, -0.2) is 0 Å². The number of ketones is 1. The van der Waals surface area contributed by atoms with Crippen LogP contribution in [0.3, 0.4) is 0 Å². The molecule has 0 saturated heterocycles. The number of carbonyl (C=O) groups excluding carboxylic acids is 1. The average molecular weight is 857 g/mol. The number of ether oxygens (including phenoxy) is 3. The van der Waals surface area contributed by atoms with E-state index < -0.39 is 5.60 Å². The Morgan fingerprint density at radius 3 is 1.21 bits per heavy atom. The Morgan fingerprint density at radius 1 is 0.419 bits per heavy atom. The number of fused-ring (bicyclic) bond motifs is 4. The topological polar surface area (TPSA) is 44.8 Å². The van der Waals surface area contributed by atoms with E-state index in [9.17, 15) is 4.79 Å². The molecule has 0 saturated carbocycles. The van der Waals surface area contributed by atoms with Gasteiger partial charge >= 0.3 is 0 Å². The number of hydrogen-bond acceptors (Lipinski definition) is 4. The van der Waals surface area contributed by atoms with E-state index in [1.807, 2.05) is 6.92 Å². The van der Waals surface area contributed by atoms with Gasteiger partial charge < -0.3 is 14.2 Å². The van der Waals surface area contributed by atoms with E-state index in [0.717, 1.165) is 84.5 Å². The van der Waals surface area contributed by atoms with Crippen LogP contribution >= 0.6 is 0 Å². The highest BCUT2D eigenvalue weighted by Crippen LogP contribution is 2.54. The van der Waals surface area contributed by atoms with Gasteiger partial charge in [-0.15, -0.1) is 0 Å². The first-order valence-electron chi connectivity index (χ1n) is 27.2. The lowest BCUT2D eigenvalue weighted by atomic mass is 9.69. The van der Waals surface area contributed by atoms with Crippen molar-refractivity contribution in [2.75, 3.05) is 0 Å². The van der Waals surface area contributed by atoms with Gasteiger partial charge in [-0.05, 0) is 116 Å². The molecule has 3 aliphatic heterocycles. The van der Waals surface area contributed by atoms with Gasteiger partial charge in [0.25, 0.3) is 0 Å². The number of unbranched alkanes of at least 4 members (excludes halogenated alkanes) is 26. The van der Waals surface area contributed by atoms with Crippen LogP contribution in [0.5, 0.6) is 11.5 Å². The smallest absolute Gasteiger partial charge is 0.206 e. The van der Waals surface area contributed by atoms with Crippen LogP contribution in [0.25, 0.3) is 0 Å². The lowest BCUT2D eigenvalue weighted by Gasteiger charge is -2.49. The second kappa shape index (κ2) is 25.5. The Morgan fingerprint density at radius 2 is 0.774 bits per heavy atom. The highest BCUT2D eigenvalue weighted by atomic mass is 16.5. The summed E-state index contributed by atoms with van der Waals surface area (Å²) in [5.41, 5.74) is 6.57. The fraction of sp³-hybridized carbons (Fsp3) is 0.810. The molecule has 4 nitrogen and oxygen atoms in total. The maximum Gasteiger partial charge on any atom is 0.206 e. The van der Waals surface area contributed by atoms with E-state index >= 15 is 0 Å². The zero-order valence-electron chi connectivity index (χ0n) is 42.1. The zero-order chi connectivity index (χ0) is 44.4. The summed E-state index contributed by atoms with van der Waals surface area (Å²) in [6.07, 6.45) is 46.3. The van der Waals surface area contributed by atoms with Gasteiger partial charge in [-0.1, -0.05) is 181 Å². The third-order valence-electron chi connectivity index (χ3n) is 16.2. The van der Waals surface area contributed by atoms with E-state index in [1.54, 1.807) is 0 Å². The van der Waals surface area contributed by atoms with Crippen molar-refractivity contribution < 1.29 is 19.0 Å². The number of allylic oxidation sites excluding steroid dienone is 1. The molecule has 0 aromatic heterocycles. The fourth-order valence-electron chi connectivity index (χ4n) is 11.5. The molecule has 4 aliphatic rings. The summed E-state index contributed by atoms with van der Waals surface area (Å²) in [5.74, 6) is 3.14. The molecular weight excluding hydrogens is 761 g/mol. The molecule has 352 valence electrons. The van der Waals surface area contributed by atoms with Crippen molar-refractivity contribution in [2.24, 2.45) is 0 Å². The van der Waals surface area contributed by atoms with Gasteiger partial charge in [0.1, 0.15) is 28.5 Å². The van der Waals surface area contributed by atoms with Crippen molar-refractivity contribution in [3.05, 3.63) is 44.7 Å². The molecule has 0 fully saturated rings. The van der Waals surface area contributed by atoms with Crippen molar-refractivity contribution in [1.82, 2.24) is 0 Å². The summed E-state index contributed by atoms with van der Waals surface area (Å²) >= 11 is 0. The zero-order valence-corrected chi connectivity index (χ0v) is 42.1. The largest absolute Gasteiger partial charge is 0.487 e. The summed E-state index contributed by atoms with van der Waals surface area (Å²) < 4.78 is 21.3. The third-order valence-corrected chi connectivity index (χ3v) is 16.2. The lowest BCUT2D eigenvalue weighted by molar-refractivity contribution is -0.131. The van der Waals surface area contributed by atoms with Crippen molar-refractivity contribution in [3.8, 4) is 11.5 Å². The van der Waals surface area contributed by atoms with Crippen LogP contribution < -0.4 is 9.47 Å². The fourth-order valence-corrected chi connectivity index (χ4v) is 11.5. The lowest BCUT2D eigenvalue weighted by Crippen LogP contribution is -2.54. The number of carbonyl (C=O) groups is 1. The monoisotopic (exact) mass is 857 g/mol. The highest BCUT2D eigenvalue weighted by molar-refractivity contribution is 6.07. The van der Waals surface area contributed by atoms with E-state index in [-0.39, 0.29) is 17.0 Å². The van der Waals surface area contributed by atoms with Crippen LogP contribution in [0, 0.1) is 13.8 Å². The minimum absolute atomic E-state index is 0.121. The van der Waals surface area contributed by atoms with Crippen LogP contribution in [-0.2, 0) is 22.4 Å². The van der Waals surface area contributed by atoms with Crippen LogP contribution in [0.15, 0.2) is 22.5 Å². The first-order chi connectivity index (χ1) is 30.0. The van der Waals surface area contributed by atoms with Crippen molar-refractivity contribution in [3.63, 3.8) is 0 Å². The standard InChI is InChI=1S/C58H96O4/c1-9-11-13-15-17-19-21-23-25-27-29-31-33-35-40-56(7)42-37-49-50-38-44-58(62-53(50)46(4)45(3)52(49)60-56)51-39-43-57(8,61-54(51)47(5)48(6)55(58)59)41-36-34-32-30-28-26-24-22-20-18-16-14-12-10-2/h9-44H2,1-8H3/t56?,57?,58-/m1/s1. The maximum absolute atomic E-state index is 14.5. The van der Waals surface area contributed by atoms with E-state index in [2.05, 4.69) is 48.5 Å². The average Bonchev–Trinajstić information content (AvgIpc) is 3.27.